The third-order valence-corrected chi connectivity index (χ3v) is 5.91. The minimum absolute atomic E-state index is 0.197. The zero-order valence-corrected chi connectivity index (χ0v) is 19.9. The summed E-state index contributed by atoms with van der Waals surface area (Å²) in [6, 6.07) is 0.412. The molecule has 1 aliphatic carbocycles. The lowest BCUT2D eigenvalue weighted by Gasteiger charge is -2.37. The van der Waals surface area contributed by atoms with E-state index in [4.69, 9.17) is 0 Å². The van der Waals surface area contributed by atoms with Crippen LogP contribution in [0.1, 0.15) is 66.8 Å². The maximum atomic E-state index is 4.24. The molecule has 1 N–H and O–H groups in total. The van der Waals surface area contributed by atoms with E-state index in [9.17, 15) is 0 Å². The summed E-state index contributed by atoms with van der Waals surface area (Å²) in [7, 11) is 1.96. The molecule has 0 aromatic carbocycles. The van der Waals surface area contributed by atoms with Crippen LogP contribution < -0.4 is 5.32 Å². The van der Waals surface area contributed by atoms with Crippen LogP contribution in [0, 0.1) is 5.41 Å². The van der Waals surface area contributed by atoms with Crippen LogP contribution in [-0.4, -0.2) is 16.6 Å². The fourth-order valence-corrected chi connectivity index (χ4v) is 4.11. The Bertz CT molecular complexity index is 871. The number of imidazole rings is 1. The molecule has 3 heteroatoms. The van der Waals surface area contributed by atoms with E-state index >= 15 is 0 Å². The van der Waals surface area contributed by atoms with E-state index < -0.39 is 0 Å². The Labute approximate surface area is 183 Å². The molecule has 0 amide bonds. The van der Waals surface area contributed by atoms with Gasteiger partial charge in [-0.2, -0.15) is 0 Å². The second-order valence-electron chi connectivity index (χ2n) is 8.85. The zero-order chi connectivity index (χ0) is 22.1. The van der Waals surface area contributed by atoms with E-state index in [0.717, 1.165) is 18.5 Å². The largest absolute Gasteiger partial charge is 0.388 e. The van der Waals surface area contributed by atoms with Gasteiger partial charge < -0.3 is 9.88 Å². The highest BCUT2D eigenvalue weighted by Gasteiger charge is 2.32. The first-order valence-corrected chi connectivity index (χ1v) is 11.1. The summed E-state index contributed by atoms with van der Waals surface area (Å²) in [6.07, 6.45) is 24.7. The van der Waals surface area contributed by atoms with E-state index in [2.05, 4.69) is 105 Å². The standard InChI is InChI=1S/C27H39N3/c1-8-10-24(28-7)19-22(3)12-9-11-21(2)13-14-25-23(4)26(15-16-27(25,5)6)30-18-17-29-20-30/h9-14,17-20,26,28H,8,15-16H2,1-7H3/b12-9+,14-13+,21-11+,22-19+,24-10+. The molecular formula is C27H39N3. The third-order valence-electron chi connectivity index (χ3n) is 5.91. The molecule has 1 unspecified atom stereocenters. The van der Waals surface area contributed by atoms with Gasteiger partial charge in [-0.3, -0.25) is 0 Å². The van der Waals surface area contributed by atoms with E-state index in [0.29, 0.717) is 6.04 Å². The van der Waals surface area contributed by atoms with Gasteiger partial charge in [0.2, 0.25) is 0 Å². The molecule has 0 saturated carbocycles. The van der Waals surface area contributed by atoms with Gasteiger partial charge in [-0.15, -0.1) is 0 Å². The first-order valence-electron chi connectivity index (χ1n) is 11.1. The van der Waals surface area contributed by atoms with Crippen molar-refractivity contribution in [2.45, 2.75) is 66.8 Å². The monoisotopic (exact) mass is 405 g/mol. The van der Waals surface area contributed by atoms with Gasteiger partial charge in [0.1, 0.15) is 0 Å². The molecule has 3 nitrogen and oxygen atoms in total. The zero-order valence-electron chi connectivity index (χ0n) is 19.9. The molecule has 0 saturated heterocycles. The Hall–Kier alpha value is -2.55. The highest BCUT2D eigenvalue weighted by molar-refractivity contribution is 5.39. The van der Waals surface area contributed by atoms with Crippen LogP contribution >= 0.6 is 0 Å². The molecule has 1 heterocycles. The normalized spacial score (nSPS) is 21.2. The van der Waals surface area contributed by atoms with Gasteiger partial charge in [0, 0.05) is 25.1 Å². The van der Waals surface area contributed by atoms with Crippen molar-refractivity contribution in [3.05, 3.63) is 89.2 Å². The second kappa shape index (κ2) is 11.0. The Morgan fingerprint density at radius 1 is 1.27 bits per heavy atom. The molecule has 0 bridgehead atoms. The second-order valence-corrected chi connectivity index (χ2v) is 8.85. The number of hydrogen-bond donors (Lipinski definition) is 1. The van der Waals surface area contributed by atoms with Crippen LogP contribution in [0.15, 0.2) is 89.2 Å². The fraction of sp³-hybridized carbons (Fsp3) is 0.444. The number of allylic oxidation sites excluding steroid dienone is 11. The van der Waals surface area contributed by atoms with E-state index in [1.165, 1.54) is 28.7 Å². The van der Waals surface area contributed by atoms with Gasteiger partial charge in [-0.25, -0.2) is 4.98 Å². The summed E-state index contributed by atoms with van der Waals surface area (Å²) in [5.41, 5.74) is 6.73. The lowest BCUT2D eigenvalue weighted by Crippen LogP contribution is -2.25. The van der Waals surface area contributed by atoms with Gasteiger partial charge in [-0.05, 0) is 68.2 Å². The molecule has 162 valence electrons. The van der Waals surface area contributed by atoms with Gasteiger partial charge in [-0.1, -0.05) is 62.8 Å². The number of hydrogen-bond acceptors (Lipinski definition) is 2. The van der Waals surface area contributed by atoms with Crippen molar-refractivity contribution in [2.24, 2.45) is 5.41 Å². The molecule has 1 aromatic heterocycles. The summed E-state index contributed by atoms with van der Waals surface area (Å²) in [4.78, 5) is 4.24. The van der Waals surface area contributed by atoms with Crippen molar-refractivity contribution in [3.63, 3.8) is 0 Å². The van der Waals surface area contributed by atoms with E-state index in [-0.39, 0.29) is 5.41 Å². The fourth-order valence-electron chi connectivity index (χ4n) is 4.11. The minimum atomic E-state index is 0.197. The smallest absolute Gasteiger partial charge is 0.0951 e. The summed E-state index contributed by atoms with van der Waals surface area (Å²) >= 11 is 0. The predicted octanol–water partition coefficient (Wildman–Crippen LogP) is 7.08. The number of rotatable bonds is 8. The highest BCUT2D eigenvalue weighted by atomic mass is 15.1. The first-order chi connectivity index (χ1) is 14.3. The van der Waals surface area contributed by atoms with Crippen LogP contribution in [-0.2, 0) is 0 Å². The predicted molar refractivity (Wildman–Crippen MR) is 130 cm³/mol. The van der Waals surface area contributed by atoms with Crippen molar-refractivity contribution in [2.75, 3.05) is 7.05 Å². The average Bonchev–Trinajstić information content (AvgIpc) is 3.21. The van der Waals surface area contributed by atoms with E-state index in [1.807, 2.05) is 19.6 Å². The molecule has 1 atom stereocenters. The van der Waals surface area contributed by atoms with Crippen molar-refractivity contribution in [1.29, 1.82) is 0 Å². The summed E-state index contributed by atoms with van der Waals surface area (Å²) < 4.78 is 2.24. The van der Waals surface area contributed by atoms with Gasteiger partial charge in [0.25, 0.3) is 0 Å². The topological polar surface area (TPSA) is 29.9 Å². The average molecular weight is 406 g/mol. The van der Waals surface area contributed by atoms with Crippen LogP contribution in [0.5, 0.6) is 0 Å². The summed E-state index contributed by atoms with van der Waals surface area (Å²) in [5, 5.41) is 3.23. The van der Waals surface area contributed by atoms with Crippen LogP contribution in [0.4, 0.5) is 0 Å². The molecule has 0 spiro atoms. The maximum absolute atomic E-state index is 4.24. The Balaban J connectivity index is 2.16. The third kappa shape index (κ3) is 6.48. The van der Waals surface area contributed by atoms with Crippen molar-refractivity contribution in [1.82, 2.24) is 14.9 Å². The Morgan fingerprint density at radius 3 is 2.67 bits per heavy atom. The van der Waals surface area contributed by atoms with Crippen LogP contribution in [0.25, 0.3) is 0 Å². The summed E-state index contributed by atoms with van der Waals surface area (Å²) in [6.45, 7) is 13.4. The SMILES string of the molecule is CC\C=C(/C=C(C)/C=C/C=C(C)/C=C/C1=C(C)C(n2ccnc2)CCC1(C)C)NC. The molecule has 0 aliphatic heterocycles. The van der Waals surface area contributed by atoms with Crippen LogP contribution in [0.2, 0.25) is 0 Å². The number of aromatic nitrogens is 2. The van der Waals surface area contributed by atoms with Crippen molar-refractivity contribution >= 4 is 0 Å². The number of likely N-dealkylation sites (N-methyl/N-ethyl adjacent to an activating group) is 1. The lowest BCUT2D eigenvalue weighted by atomic mass is 9.71. The van der Waals surface area contributed by atoms with Gasteiger partial charge >= 0.3 is 0 Å². The summed E-state index contributed by atoms with van der Waals surface area (Å²) in [5.74, 6) is 0. The number of nitrogens with zero attached hydrogens (tertiary/aromatic N) is 2. The molecule has 2 rings (SSSR count). The Kier molecular flexibility index (Phi) is 8.71. The quantitative estimate of drug-likeness (QED) is 0.468. The lowest BCUT2D eigenvalue weighted by molar-refractivity contribution is 0.327. The molecule has 1 aliphatic rings. The molecule has 1 aromatic rings. The van der Waals surface area contributed by atoms with E-state index in [1.54, 1.807) is 0 Å². The molecule has 0 fully saturated rings. The van der Waals surface area contributed by atoms with Crippen LogP contribution in [0.3, 0.4) is 0 Å². The van der Waals surface area contributed by atoms with Gasteiger partial charge in [0.15, 0.2) is 0 Å². The van der Waals surface area contributed by atoms with Crippen molar-refractivity contribution in [3.8, 4) is 0 Å². The maximum Gasteiger partial charge on any atom is 0.0951 e. The first kappa shape index (κ1) is 23.7. The minimum Gasteiger partial charge on any atom is -0.388 e. The molecule has 30 heavy (non-hydrogen) atoms. The van der Waals surface area contributed by atoms with Gasteiger partial charge in [0.05, 0.1) is 12.4 Å². The number of nitrogens with one attached hydrogen (secondary N) is 1. The molecule has 0 radical (unpaired) electrons. The Morgan fingerprint density at radius 2 is 2.03 bits per heavy atom. The van der Waals surface area contributed by atoms with Crippen molar-refractivity contribution < 1.29 is 0 Å². The highest BCUT2D eigenvalue weighted by Crippen LogP contribution is 2.45. The molecular weight excluding hydrogens is 366 g/mol.